The summed E-state index contributed by atoms with van der Waals surface area (Å²) in [7, 11) is 0. The van der Waals surface area contributed by atoms with Gasteiger partial charge in [-0.1, -0.05) is 12.1 Å². The summed E-state index contributed by atoms with van der Waals surface area (Å²) in [5.74, 6) is -0.270. The third-order valence-electron chi connectivity index (χ3n) is 2.16. The number of carbonyl (C=O) groups excluding carboxylic acids is 1. The monoisotopic (exact) mass is 216 g/mol. The fraction of sp³-hybridized carbons (Fsp3) is 0.250. The number of esters is 1. The Hall–Kier alpha value is -1.97. The van der Waals surface area contributed by atoms with Crippen LogP contribution in [0.15, 0.2) is 30.5 Å². The predicted molar refractivity (Wildman–Crippen MR) is 59.9 cm³/mol. The molecule has 0 saturated carbocycles. The van der Waals surface area contributed by atoms with Crippen LogP contribution in [0.1, 0.15) is 12.6 Å². The van der Waals surface area contributed by atoms with Crippen LogP contribution in [0.25, 0.3) is 11.0 Å². The van der Waals surface area contributed by atoms with Crippen molar-refractivity contribution in [1.82, 2.24) is 9.97 Å². The van der Waals surface area contributed by atoms with Crippen LogP contribution >= 0.6 is 0 Å². The first-order valence-electron chi connectivity index (χ1n) is 5.10. The van der Waals surface area contributed by atoms with Crippen molar-refractivity contribution in [3.05, 3.63) is 36.2 Å². The Labute approximate surface area is 93.3 Å². The SMILES string of the molecule is CC(=O)OCCc1cnc2ccccc2n1. The molecule has 2 aromatic rings. The predicted octanol–water partition coefficient (Wildman–Crippen LogP) is 1.74. The van der Waals surface area contributed by atoms with Crippen LogP contribution < -0.4 is 0 Å². The van der Waals surface area contributed by atoms with Gasteiger partial charge in [0.25, 0.3) is 0 Å². The molecule has 16 heavy (non-hydrogen) atoms. The number of hydrogen-bond acceptors (Lipinski definition) is 4. The molecule has 0 aliphatic rings. The molecule has 2 rings (SSSR count). The lowest BCUT2D eigenvalue weighted by atomic mass is 10.2. The van der Waals surface area contributed by atoms with Gasteiger partial charge in [-0.15, -0.1) is 0 Å². The van der Waals surface area contributed by atoms with E-state index in [4.69, 9.17) is 4.74 Å². The highest BCUT2D eigenvalue weighted by molar-refractivity contribution is 5.73. The minimum Gasteiger partial charge on any atom is -0.465 e. The number of ether oxygens (including phenoxy) is 1. The van der Waals surface area contributed by atoms with Crippen LogP contribution in [-0.4, -0.2) is 22.5 Å². The highest BCUT2D eigenvalue weighted by Crippen LogP contribution is 2.08. The Bertz CT molecular complexity index is 511. The number of nitrogens with zero attached hydrogens (tertiary/aromatic N) is 2. The molecule has 4 heteroatoms. The van der Waals surface area contributed by atoms with Gasteiger partial charge >= 0.3 is 5.97 Å². The van der Waals surface area contributed by atoms with E-state index in [2.05, 4.69) is 9.97 Å². The number of hydrogen-bond donors (Lipinski definition) is 0. The molecular weight excluding hydrogens is 204 g/mol. The second-order valence-corrected chi connectivity index (χ2v) is 3.44. The van der Waals surface area contributed by atoms with E-state index in [1.807, 2.05) is 24.3 Å². The highest BCUT2D eigenvalue weighted by atomic mass is 16.5. The van der Waals surface area contributed by atoms with Gasteiger partial charge in [0, 0.05) is 19.5 Å². The maximum absolute atomic E-state index is 10.6. The minimum atomic E-state index is -0.270. The van der Waals surface area contributed by atoms with Gasteiger partial charge in [-0.05, 0) is 12.1 Å². The molecule has 0 N–H and O–H groups in total. The van der Waals surface area contributed by atoms with Crippen molar-refractivity contribution < 1.29 is 9.53 Å². The number of benzene rings is 1. The Morgan fingerprint density at radius 3 is 2.81 bits per heavy atom. The molecule has 82 valence electrons. The van der Waals surface area contributed by atoms with E-state index in [1.54, 1.807) is 6.20 Å². The molecule has 0 unspecified atom stereocenters. The molecule has 0 radical (unpaired) electrons. The Kier molecular flexibility index (Phi) is 3.10. The van der Waals surface area contributed by atoms with Gasteiger partial charge in [-0.3, -0.25) is 9.78 Å². The van der Waals surface area contributed by atoms with E-state index in [-0.39, 0.29) is 5.97 Å². The van der Waals surface area contributed by atoms with Crippen molar-refractivity contribution in [2.45, 2.75) is 13.3 Å². The first-order chi connectivity index (χ1) is 7.75. The zero-order valence-corrected chi connectivity index (χ0v) is 9.01. The number of carbonyl (C=O) groups is 1. The molecule has 0 fully saturated rings. The summed E-state index contributed by atoms with van der Waals surface area (Å²) in [5.41, 5.74) is 2.57. The standard InChI is InChI=1S/C12H12N2O2/c1-9(15)16-7-6-10-8-13-11-4-2-3-5-12(11)14-10/h2-5,8H,6-7H2,1H3. The van der Waals surface area contributed by atoms with Gasteiger partial charge in [0.05, 0.1) is 23.3 Å². The second-order valence-electron chi connectivity index (χ2n) is 3.44. The lowest BCUT2D eigenvalue weighted by Gasteiger charge is -2.02. The molecule has 1 heterocycles. The van der Waals surface area contributed by atoms with Crippen molar-refractivity contribution in [3.8, 4) is 0 Å². The van der Waals surface area contributed by atoms with Gasteiger partial charge in [0.15, 0.2) is 0 Å². The molecule has 4 nitrogen and oxygen atoms in total. The topological polar surface area (TPSA) is 52.1 Å². The van der Waals surface area contributed by atoms with Crippen molar-refractivity contribution in [2.75, 3.05) is 6.61 Å². The van der Waals surface area contributed by atoms with Crippen LogP contribution in [0.3, 0.4) is 0 Å². The second kappa shape index (κ2) is 4.70. The van der Waals surface area contributed by atoms with E-state index < -0.39 is 0 Å². The number of aromatic nitrogens is 2. The minimum absolute atomic E-state index is 0.270. The quantitative estimate of drug-likeness (QED) is 0.733. The van der Waals surface area contributed by atoms with Crippen molar-refractivity contribution >= 4 is 17.0 Å². The van der Waals surface area contributed by atoms with E-state index in [0.717, 1.165) is 16.7 Å². The maximum atomic E-state index is 10.6. The molecule has 0 aliphatic heterocycles. The maximum Gasteiger partial charge on any atom is 0.302 e. The summed E-state index contributed by atoms with van der Waals surface area (Å²) in [6, 6.07) is 7.68. The van der Waals surface area contributed by atoms with E-state index >= 15 is 0 Å². The van der Waals surface area contributed by atoms with Gasteiger partial charge in [-0.2, -0.15) is 0 Å². The third-order valence-corrected chi connectivity index (χ3v) is 2.16. The Morgan fingerprint density at radius 2 is 2.06 bits per heavy atom. The molecule has 0 spiro atoms. The molecule has 1 aromatic heterocycles. The summed E-state index contributed by atoms with van der Waals surface area (Å²) >= 11 is 0. The molecule has 0 atom stereocenters. The van der Waals surface area contributed by atoms with Crippen LogP contribution in [0.2, 0.25) is 0 Å². The van der Waals surface area contributed by atoms with Gasteiger partial charge in [-0.25, -0.2) is 4.98 Å². The van der Waals surface area contributed by atoms with Crippen molar-refractivity contribution in [3.63, 3.8) is 0 Å². The van der Waals surface area contributed by atoms with Crippen LogP contribution in [0, 0.1) is 0 Å². The lowest BCUT2D eigenvalue weighted by molar-refractivity contribution is -0.140. The summed E-state index contributed by atoms with van der Waals surface area (Å²) in [4.78, 5) is 19.3. The van der Waals surface area contributed by atoms with Gasteiger partial charge in [0.2, 0.25) is 0 Å². The summed E-state index contributed by atoms with van der Waals surface area (Å²) in [6.07, 6.45) is 2.31. The fourth-order valence-electron chi connectivity index (χ4n) is 1.42. The number of fused-ring (bicyclic) bond motifs is 1. The summed E-state index contributed by atoms with van der Waals surface area (Å²) in [5, 5.41) is 0. The average molecular weight is 216 g/mol. The van der Waals surface area contributed by atoms with Gasteiger partial charge in [0.1, 0.15) is 0 Å². The van der Waals surface area contributed by atoms with Crippen LogP contribution in [0.5, 0.6) is 0 Å². The zero-order chi connectivity index (χ0) is 11.4. The smallest absolute Gasteiger partial charge is 0.302 e. The average Bonchev–Trinajstić information content (AvgIpc) is 2.28. The molecule has 0 amide bonds. The van der Waals surface area contributed by atoms with Crippen molar-refractivity contribution in [1.29, 1.82) is 0 Å². The highest BCUT2D eigenvalue weighted by Gasteiger charge is 2.00. The summed E-state index contributed by atoms with van der Waals surface area (Å²) in [6.45, 7) is 1.74. The molecule has 1 aromatic carbocycles. The number of rotatable bonds is 3. The van der Waals surface area contributed by atoms with E-state index in [9.17, 15) is 4.79 Å². The molecule has 0 bridgehead atoms. The Morgan fingerprint density at radius 1 is 1.31 bits per heavy atom. The summed E-state index contributed by atoms with van der Waals surface area (Å²) < 4.78 is 4.85. The zero-order valence-electron chi connectivity index (χ0n) is 9.01. The third kappa shape index (κ3) is 2.53. The van der Waals surface area contributed by atoms with Crippen molar-refractivity contribution in [2.24, 2.45) is 0 Å². The van der Waals surface area contributed by atoms with Crippen LogP contribution in [-0.2, 0) is 16.0 Å². The van der Waals surface area contributed by atoms with Crippen LogP contribution in [0.4, 0.5) is 0 Å². The fourth-order valence-corrected chi connectivity index (χ4v) is 1.42. The van der Waals surface area contributed by atoms with E-state index in [1.165, 1.54) is 6.92 Å². The van der Waals surface area contributed by atoms with Gasteiger partial charge < -0.3 is 4.74 Å². The Balaban J connectivity index is 2.10. The largest absolute Gasteiger partial charge is 0.465 e. The lowest BCUT2D eigenvalue weighted by Crippen LogP contribution is -2.04. The first kappa shape index (κ1) is 10.5. The first-order valence-corrected chi connectivity index (χ1v) is 5.10. The molecule has 0 aliphatic carbocycles. The normalized spacial score (nSPS) is 10.3. The molecular formula is C12H12N2O2. The molecule has 0 saturated heterocycles. The number of para-hydroxylation sites is 2. The van der Waals surface area contributed by atoms with E-state index in [0.29, 0.717) is 13.0 Å².